The third kappa shape index (κ3) is 3.55. The molecule has 0 unspecified atom stereocenters. The average Bonchev–Trinajstić information content (AvgIpc) is 2.49. The zero-order valence-corrected chi connectivity index (χ0v) is 12.5. The predicted octanol–water partition coefficient (Wildman–Crippen LogP) is 1.37. The Morgan fingerprint density at radius 2 is 1.95 bits per heavy atom. The summed E-state index contributed by atoms with van der Waals surface area (Å²) in [6.07, 6.45) is 0.421. The zero-order chi connectivity index (χ0) is 16.2. The Bertz CT molecular complexity index is 826. The molecular formula is C15H15N3O3S. The third-order valence-corrected chi connectivity index (χ3v) is 4.61. The summed E-state index contributed by atoms with van der Waals surface area (Å²) in [5.41, 5.74) is 7.38. The second-order valence-corrected chi connectivity index (χ2v) is 6.38. The van der Waals surface area contributed by atoms with Gasteiger partial charge < -0.3 is 10.8 Å². The maximum atomic E-state index is 12.2. The Morgan fingerprint density at radius 1 is 1.23 bits per heavy atom. The monoisotopic (exact) mass is 317 g/mol. The van der Waals surface area contributed by atoms with E-state index in [-0.39, 0.29) is 17.0 Å². The number of anilines is 1. The van der Waals surface area contributed by atoms with Crippen molar-refractivity contribution in [2.24, 2.45) is 0 Å². The van der Waals surface area contributed by atoms with Crippen molar-refractivity contribution in [2.75, 3.05) is 12.3 Å². The molecule has 114 valence electrons. The fraction of sp³-hybridized carbons (Fsp3) is 0.133. The molecule has 0 saturated heterocycles. The normalized spacial score (nSPS) is 11.0. The van der Waals surface area contributed by atoms with E-state index in [0.717, 1.165) is 11.6 Å². The van der Waals surface area contributed by atoms with Crippen LogP contribution in [0.2, 0.25) is 0 Å². The van der Waals surface area contributed by atoms with Crippen LogP contribution in [-0.4, -0.2) is 20.1 Å². The third-order valence-electron chi connectivity index (χ3n) is 3.12. The number of aromatic hydroxyl groups is 1. The van der Waals surface area contributed by atoms with Gasteiger partial charge in [0.2, 0.25) is 10.0 Å². The van der Waals surface area contributed by atoms with Gasteiger partial charge >= 0.3 is 0 Å². The lowest BCUT2D eigenvalue weighted by Crippen LogP contribution is -2.26. The minimum absolute atomic E-state index is 0.132. The van der Waals surface area contributed by atoms with Gasteiger partial charge in [-0.25, -0.2) is 13.1 Å². The van der Waals surface area contributed by atoms with Crippen LogP contribution in [0.4, 0.5) is 5.69 Å². The smallest absolute Gasteiger partial charge is 0.244 e. The van der Waals surface area contributed by atoms with Gasteiger partial charge in [0.05, 0.1) is 11.6 Å². The van der Waals surface area contributed by atoms with Crippen molar-refractivity contribution in [1.29, 1.82) is 5.26 Å². The van der Waals surface area contributed by atoms with Gasteiger partial charge in [0, 0.05) is 12.2 Å². The lowest BCUT2D eigenvalue weighted by Gasteiger charge is -2.09. The van der Waals surface area contributed by atoms with Gasteiger partial charge in [0.1, 0.15) is 10.6 Å². The van der Waals surface area contributed by atoms with Gasteiger partial charge in [-0.15, -0.1) is 0 Å². The number of nitrogens with zero attached hydrogens (tertiary/aromatic N) is 1. The molecule has 0 aromatic heterocycles. The van der Waals surface area contributed by atoms with Crippen molar-refractivity contribution in [1.82, 2.24) is 4.72 Å². The summed E-state index contributed by atoms with van der Waals surface area (Å²) in [4.78, 5) is -0.312. The van der Waals surface area contributed by atoms with Crippen molar-refractivity contribution in [3.63, 3.8) is 0 Å². The number of hydrogen-bond acceptors (Lipinski definition) is 5. The number of nitriles is 1. The predicted molar refractivity (Wildman–Crippen MR) is 82.6 cm³/mol. The minimum Gasteiger partial charge on any atom is -0.507 e. The Kier molecular flexibility index (Phi) is 4.65. The number of rotatable bonds is 5. The molecule has 0 aliphatic carbocycles. The van der Waals surface area contributed by atoms with E-state index in [1.807, 2.05) is 18.2 Å². The highest BCUT2D eigenvalue weighted by Crippen LogP contribution is 2.23. The number of nitrogens with one attached hydrogen (secondary N) is 1. The molecule has 2 rings (SSSR count). The molecule has 22 heavy (non-hydrogen) atoms. The summed E-state index contributed by atoms with van der Waals surface area (Å²) in [6, 6.07) is 12.7. The molecule has 0 heterocycles. The zero-order valence-electron chi connectivity index (χ0n) is 11.7. The van der Waals surface area contributed by atoms with Gasteiger partial charge in [-0.2, -0.15) is 5.26 Å². The SMILES string of the molecule is N#Cc1ccc(O)c(S(=O)(=O)NCCc2ccccc2N)c1. The number of hydrogen-bond donors (Lipinski definition) is 3. The Labute approximate surface area is 128 Å². The number of para-hydroxylation sites is 1. The highest BCUT2D eigenvalue weighted by Gasteiger charge is 2.18. The van der Waals surface area contributed by atoms with Crippen LogP contribution < -0.4 is 10.5 Å². The molecular weight excluding hydrogens is 302 g/mol. The number of nitrogen functional groups attached to an aromatic ring is 1. The van der Waals surface area contributed by atoms with Crippen LogP contribution in [-0.2, 0) is 16.4 Å². The molecule has 0 amide bonds. The largest absolute Gasteiger partial charge is 0.507 e. The molecule has 2 aromatic rings. The quantitative estimate of drug-likeness (QED) is 0.720. The molecule has 0 bridgehead atoms. The fourth-order valence-corrected chi connectivity index (χ4v) is 3.11. The molecule has 4 N–H and O–H groups in total. The van der Waals surface area contributed by atoms with E-state index in [0.29, 0.717) is 12.1 Å². The summed E-state index contributed by atoms with van der Waals surface area (Å²) in [7, 11) is -3.90. The number of phenolic OH excluding ortho intramolecular Hbond substituents is 1. The van der Waals surface area contributed by atoms with E-state index >= 15 is 0 Å². The fourth-order valence-electron chi connectivity index (χ4n) is 1.96. The van der Waals surface area contributed by atoms with Gasteiger partial charge in [-0.1, -0.05) is 18.2 Å². The van der Waals surface area contributed by atoms with Crippen LogP contribution in [0.5, 0.6) is 5.75 Å². The minimum atomic E-state index is -3.90. The van der Waals surface area contributed by atoms with E-state index in [1.165, 1.54) is 12.1 Å². The maximum absolute atomic E-state index is 12.2. The summed E-state index contributed by atoms with van der Waals surface area (Å²) in [6.45, 7) is 0.132. The van der Waals surface area contributed by atoms with E-state index in [2.05, 4.69) is 4.72 Å². The topological polar surface area (TPSA) is 116 Å². The molecule has 0 aliphatic heterocycles. The summed E-state index contributed by atoms with van der Waals surface area (Å²) in [5, 5.41) is 18.5. The van der Waals surface area contributed by atoms with E-state index < -0.39 is 15.8 Å². The summed E-state index contributed by atoms with van der Waals surface area (Å²) < 4.78 is 26.8. The summed E-state index contributed by atoms with van der Waals surface area (Å²) in [5.74, 6) is -0.397. The Hall–Kier alpha value is -2.56. The Morgan fingerprint density at radius 3 is 2.64 bits per heavy atom. The molecule has 0 saturated carbocycles. The first-order valence-corrected chi connectivity index (χ1v) is 7.98. The van der Waals surface area contributed by atoms with Gasteiger partial charge in [-0.3, -0.25) is 0 Å². The van der Waals surface area contributed by atoms with Crippen LogP contribution in [0.25, 0.3) is 0 Å². The highest BCUT2D eigenvalue weighted by atomic mass is 32.2. The number of sulfonamides is 1. The first-order chi connectivity index (χ1) is 10.4. The van der Waals surface area contributed by atoms with Crippen molar-refractivity contribution in [3.05, 3.63) is 53.6 Å². The lowest BCUT2D eigenvalue weighted by atomic mass is 10.1. The molecule has 0 spiro atoms. The molecule has 0 aliphatic rings. The molecule has 2 aromatic carbocycles. The molecule has 0 radical (unpaired) electrons. The summed E-state index contributed by atoms with van der Waals surface area (Å²) >= 11 is 0. The van der Waals surface area contributed by atoms with Crippen LogP contribution in [0.1, 0.15) is 11.1 Å². The number of benzene rings is 2. The lowest BCUT2D eigenvalue weighted by molar-refractivity contribution is 0.458. The Balaban J connectivity index is 2.12. The van der Waals surface area contributed by atoms with Crippen molar-refractivity contribution in [2.45, 2.75) is 11.3 Å². The first kappa shape index (κ1) is 15.8. The van der Waals surface area contributed by atoms with Crippen molar-refractivity contribution < 1.29 is 13.5 Å². The van der Waals surface area contributed by atoms with Gasteiger partial charge in [-0.05, 0) is 36.2 Å². The second kappa shape index (κ2) is 6.47. The second-order valence-electron chi connectivity index (χ2n) is 4.64. The van der Waals surface area contributed by atoms with Crippen molar-refractivity contribution in [3.8, 4) is 11.8 Å². The standard InChI is InChI=1S/C15H15N3O3S/c16-10-11-5-6-14(19)15(9-11)22(20,21)18-8-7-12-3-1-2-4-13(12)17/h1-6,9,18-19H,7-8,17H2. The van der Waals surface area contributed by atoms with Crippen LogP contribution in [0.3, 0.4) is 0 Å². The van der Waals surface area contributed by atoms with E-state index in [1.54, 1.807) is 12.1 Å². The highest BCUT2D eigenvalue weighted by molar-refractivity contribution is 7.89. The molecule has 0 fully saturated rings. The van der Waals surface area contributed by atoms with Gasteiger partial charge in [0.25, 0.3) is 0 Å². The average molecular weight is 317 g/mol. The van der Waals surface area contributed by atoms with Crippen LogP contribution in [0.15, 0.2) is 47.4 Å². The molecule has 0 atom stereocenters. The number of nitrogens with two attached hydrogens (primary N) is 1. The maximum Gasteiger partial charge on any atom is 0.244 e. The molecule has 7 heteroatoms. The van der Waals surface area contributed by atoms with Crippen molar-refractivity contribution >= 4 is 15.7 Å². The number of phenols is 1. The first-order valence-electron chi connectivity index (χ1n) is 6.50. The van der Waals surface area contributed by atoms with Crippen LogP contribution >= 0.6 is 0 Å². The van der Waals surface area contributed by atoms with Crippen LogP contribution in [0, 0.1) is 11.3 Å². The van der Waals surface area contributed by atoms with E-state index in [9.17, 15) is 13.5 Å². The van der Waals surface area contributed by atoms with E-state index in [4.69, 9.17) is 11.0 Å². The molecule has 6 nitrogen and oxygen atoms in total. The van der Waals surface area contributed by atoms with Gasteiger partial charge in [0.15, 0.2) is 0 Å².